The highest BCUT2D eigenvalue weighted by Crippen LogP contribution is 2.31. The van der Waals surface area contributed by atoms with Crippen LogP contribution in [0.3, 0.4) is 0 Å². The molecule has 3 fully saturated rings. The van der Waals surface area contributed by atoms with Crippen molar-refractivity contribution in [2.24, 2.45) is 0 Å². The Hall–Kier alpha value is -3.33. The van der Waals surface area contributed by atoms with Crippen molar-refractivity contribution in [3.63, 3.8) is 0 Å². The number of hydroxylamine groups is 2. The van der Waals surface area contributed by atoms with Gasteiger partial charge in [-0.15, -0.1) is 0 Å². The van der Waals surface area contributed by atoms with Crippen LogP contribution in [0.2, 0.25) is 0 Å². The largest absolute Gasteiger partial charge is 0.442 e. The van der Waals surface area contributed by atoms with Crippen molar-refractivity contribution in [3.05, 3.63) is 23.8 Å². The van der Waals surface area contributed by atoms with Gasteiger partial charge in [0.25, 0.3) is 5.91 Å². The molecule has 3 aliphatic rings. The smallest absolute Gasteiger partial charge is 0.414 e. The molecule has 11 nitrogen and oxygen atoms in total. The van der Waals surface area contributed by atoms with Crippen molar-refractivity contribution >= 4 is 29.4 Å². The zero-order chi connectivity index (χ0) is 26.7. The van der Waals surface area contributed by atoms with Crippen molar-refractivity contribution in [1.82, 2.24) is 20.2 Å². The third-order valence-electron chi connectivity index (χ3n) is 6.37. The first-order valence-corrected chi connectivity index (χ1v) is 11.8. The van der Waals surface area contributed by atoms with Gasteiger partial charge in [0.15, 0.2) is 11.6 Å². The van der Waals surface area contributed by atoms with Crippen molar-refractivity contribution in [3.8, 4) is 0 Å². The summed E-state index contributed by atoms with van der Waals surface area (Å²) in [5, 5.41) is 3.15. The fourth-order valence-corrected chi connectivity index (χ4v) is 4.32. The summed E-state index contributed by atoms with van der Waals surface area (Å²) >= 11 is 0. The molecule has 1 atom stereocenters. The highest BCUT2D eigenvalue weighted by molar-refractivity contribution is 5.90. The van der Waals surface area contributed by atoms with Gasteiger partial charge in [0, 0.05) is 52.8 Å². The number of halogens is 4. The van der Waals surface area contributed by atoms with Crippen LogP contribution in [-0.2, 0) is 14.4 Å². The van der Waals surface area contributed by atoms with E-state index < -0.39 is 36.2 Å². The summed E-state index contributed by atoms with van der Waals surface area (Å²) in [7, 11) is 1.97. The molecule has 0 unspecified atom stereocenters. The Kier molecular flexibility index (Phi) is 8.22. The quantitative estimate of drug-likeness (QED) is 0.570. The molecule has 0 spiro atoms. The predicted octanol–water partition coefficient (Wildman–Crippen LogP) is 1.34. The second kappa shape index (κ2) is 11.4. The second-order valence-corrected chi connectivity index (χ2v) is 8.92. The van der Waals surface area contributed by atoms with Gasteiger partial charge in [-0.1, -0.05) is 0 Å². The van der Waals surface area contributed by atoms with Crippen molar-refractivity contribution in [2.45, 2.75) is 12.5 Å². The van der Waals surface area contributed by atoms with Crippen LogP contribution in [0.4, 0.5) is 38.5 Å². The van der Waals surface area contributed by atoms with E-state index in [1.54, 1.807) is 4.90 Å². The molecule has 1 aromatic carbocycles. The maximum absolute atomic E-state index is 15.1. The second-order valence-electron chi connectivity index (χ2n) is 8.92. The number of amides is 4. The van der Waals surface area contributed by atoms with Gasteiger partial charge in [0.05, 0.1) is 31.9 Å². The van der Waals surface area contributed by atoms with Gasteiger partial charge in [0.1, 0.15) is 11.8 Å². The number of urea groups is 1. The number of nitrogens with zero attached hydrogens (tertiary/aromatic N) is 5. The molecule has 0 saturated carbocycles. The normalized spacial score (nSPS) is 21.4. The first-order valence-electron chi connectivity index (χ1n) is 11.8. The van der Waals surface area contributed by atoms with Gasteiger partial charge in [-0.2, -0.15) is 8.78 Å². The van der Waals surface area contributed by atoms with E-state index in [2.05, 4.69) is 4.90 Å². The number of carbonyl (C=O) groups is 3. The summed E-state index contributed by atoms with van der Waals surface area (Å²) in [6.07, 6.45) is -5.11. The number of benzene rings is 1. The minimum absolute atomic E-state index is 0. The van der Waals surface area contributed by atoms with Gasteiger partial charge in [0.2, 0.25) is 0 Å². The van der Waals surface area contributed by atoms with Crippen LogP contribution in [0.25, 0.3) is 0 Å². The Bertz CT molecular complexity index is 1010. The lowest BCUT2D eigenvalue weighted by atomic mass is 10.2. The molecule has 0 bridgehead atoms. The molecule has 3 aliphatic heterocycles. The molecule has 0 radical (unpaired) electrons. The fraction of sp³-hybridized carbons (Fsp3) is 0.591. The number of ether oxygens (including phenoxy) is 1. The summed E-state index contributed by atoms with van der Waals surface area (Å²) in [6, 6.07) is 1.65. The highest BCUT2D eigenvalue weighted by atomic mass is 19.3. The van der Waals surface area contributed by atoms with E-state index in [0.717, 1.165) is 30.1 Å². The van der Waals surface area contributed by atoms with Gasteiger partial charge >= 0.3 is 18.5 Å². The Labute approximate surface area is 211 Å². The van der Waals surface area contributed by atoms with E-state index in [0.29, 0.717) is 13.1 Å². The molecule has 1 N–H and O–H groups in total. The van der Waals surface area contributed by atoms with E-state index in [9.17, 15) is 23.2 Å². The highest BCUT2D eigenvalue weighted by Gasteiger charge is 2.35. The van der Waals surface area contributed by atoms with Crippen LogP contribution < -0.4 is 15.1 Å². The summed E-state index contributed by atoms with van der Waals surface area (Å²) in [5.74, 6) is -3.38. The number of nitrogens with one attached hydrogen (secondary N) is 1. The molecule has 3 saturated heterocycles. The number of piperazine rings is 1. The number of cyclic esters (lactones) is 1. The lowest BCUT2D eigenvalue weighted by Crippen LogP contribution is -2.52. The molecular formula is C22H30F4N6O5. The first kappa shape index (κ1) is 26.7. The predicted molar refractivity (Wildman–Crippen MR) is 124 cm³/mol. The van der Waals surface area contributed by atoms with Crippen LogP contribution in [0, 0.1) is 11.6 Å². The van der Waals surface area contributed by atoms with E-state index >= 15 is 8.78 Å². The lowest BCUT2D eigenvalue weighted by Gasteiger charge is -2.35. The van der Waals surface area contributed by atoms with Gasteiger partial charge in [-0.25, -0.2) is 23.4 Å². The molecule has 37 heavy (non-hydrogen) atoms. The zero-order valence-corrected chi connectivity index (χ0v) is 20.2. The van der Waals surface area contributed by atoms with Crippen LogP contribution in [0.15, 0.2) is 12.1 Å². The summed E-state index contributed by atoms with van der Waals surface area (Å²) in [6.45, 7) is 2.40. The summed E-state index contributed by atoms with van der Waals surface area (Å²) < 4.78 is 59.9. The van der Waals surface area contributed by atoms with Crippen molar-refractivity contribution < 1.29 is 42.9 Å². The van der Waals surface area contributed by atoms with Gasteiger partial charge in [-0.3, -0.25) is 14.5 Å². The SMILES string of the molecule is CN1CCN(C(=O)N2CCN(c3c(F)cc(N4C[C@H](CNC(=O)C(F)F)OC4=O)cc3F)CCO2)CC1.[HH]. The van der Waals surface area contributed by atoms with Crippen LogP contribution in [0.1, 0.15) is 1.43 Å². The third-order valence-corrected chi connectivity index (χ3v) is 6.37. The monoisotopic (exact) mass is 534 g/mol. The lowest BCUT2D eigenvalue weighted by molar-refractivity contribution is -0.132. The number of rotatable bonds is 5. The Morgan fingerprint density at radius 3 is 2.41 bits per heavy atom. The molecular weight excluding hydrogens is 504 g/mol. The average Bonchev–Trinajstić information content (AvgIpc) is 3.06. The number of likely N-dealkylation sites (N-methyl/N-ethyl adjacent to an activating group) is 1. The van der Waals surface area contributed by atoms with E-state index in [4.69, 9.17) is 9.57 Å². The minimum Gasteiger partial charge on any atom is -0.442 e. The number of anilines is 2. The van der Waals surface area contributed by atoms with E-state index in [1.165, 1.54) is 9.96 Å². The third kappa shape index (κ3) is 6.15. The maximum atomic E-state index is 15.1. The van der Waals surface area contributed by atoms with Crippen LogP contribution in [-0.4, -0.2) is 118 Å². The molecule has 0 aliphatic carbocycles. The number of hydrogen-bond donors (Lipinski definition) is 1. The molecule has 206 valence electrons. The molecule has 4 amide bonds. The topological polar surface area (TPSA) is 97.9 Å². The van der Waals surface area contributed by atoms with Gasteiger partial charge < -0.3 is 24.8 Å². The number of carbonyl (C=O) groups excluding carboxylic acids is 3. The maximum Gasteiger partial charge on any atom is 0.414 e. The minimum atomic E-state index is -3.22. The van der Waals surface area contributed by atoms with Crippen molar-refractivity contribution in [2.75, 3.05) is 82.4 Å². The van der Waals surface area contributed by atoms with E-state index in [1.807, 2.05) is 12.4 Å². The molecule has 0 aromatic heterocycles. The summed E-state index contributed by atoms with van der Waals surface area (Å²) in [5.41, 5.74) is -0.445. The first-order chi connectivity index (χ1) is 17.6. The van der Waals surface area contributed by atoms with Crippen molar-refractivity contribution in [1.29, 1.82) is 0 Å². The fourth-order valence-electron chi connectivity index (χ4n) is 4.32. The number of hydrogen-bond acceptors (Lipinski definition) is 7. The molecule has 3 heterocycles. The Morgan fingerprint density at radius 2 is 1.76 bits per heavy atom. The average molecular weight is 535 g/mol. The number of alkyl halides is 2. The molecule has 1 aromatic rings. The standard InChI is InChI=1S/C22H28F4N6O5.H2/c1-28-2-4-30(5-3-28)21(34)32-7-6-29(8-9-36-32)18-16(23)10-14(11-17(18)24)31-13-15(37-22(31)35)12-27-20(33)19(25)26;/h10-11,15,19H,2-9,12-13H2,1H3,(H,27,33);1H/t15-;/m0./s1. The van der Waals surface area contributed by atoms with Crippen LogP contribution in [0.5, 0.6) is 0 Å². The van der Waals surface area contributed by atoms with E-state index in [-0.39, 0.29) is 58.2 Å². The molecule has 4 rings (SSSR count). The summed E-state index contributed by atoms with van der Waals surface area (Å²) in [4.78, 5) is 47.7. The Morgan fingerprint density at radius 1 is 1.08 bits per heavy atom. The molecule has 15 heteroatoms. The zero-order valence-electron chi connectivity index (χ0n) is 20.2. The Balaban J connectivity index is 0.00000400. The van der Waals surface area contributed by atoms with Crippen LogP contribution >= 0.6 is 0 Å². The van der Waals surface area contributed by atoms with Gasteiger partial charge in [-0.05, 0) is 7.05 Å².